The van der Waals surface area contributed by atoms with Gasteiger partial charge in [-0.1, -0.05) is 18.2 Å². The first-order chi connectivity index (χ1) is 16.4. The van der Waals surface area contributed by atoms with E-state index in [1.54, 1.807) is 19.2 Å². The Hall–Kier alpha value is -3.19. The molecule has 2 saturated heterocycles. The van der Waals surface area contributed by atoms with Gasteiger partial charge in [0.05, 0.1) is 10.7 Å². The molecular formula is C26H28ClFN6. The lowest BCUT2D eigenvalue weighted by Gasteiger charge is -2.41. The average molecular weight is 479 g/mol. The van der Waals surface area contributed by atoms with E-state index in [0.29, 0.717) is 16.5 Å². The number of hydrogen-bond donors (Lipinski definition) is 0. The van der Waals surface area contributed by atoms with Crippen LogP contribution in [0.5, 0.6) is 0 Å². The second kappa shape index (κ2) is 9.22. The summed E-state index contributed by atoms with van der Waals surface area (Å²) in [6, 6.07) is 11.0. The predicted octanol–water partition coefficient (Wildman–Crippen LogP) is 5.47. The standard InChI is InChI=1S/C26H28ClFN6/c1-17-14-20(8-9-22(17)28)23-15-24(31-26(30-23)34-11-5-6-18(34)2)33-13-12-32(16-19(33)3)25-21(27)7-4-10-29-25/h4,7-10,14-15,19H,2,5-6,11-13,16H2,1,3H3/t19-/m1/s1. The molecule has 0 aliphatic carbocycles. The van der Waals surface area contributed by atoms with E-state index >= 15 is 0 Å². The molecule has 0 N–H and O–H groups in total. The lowest BCUT2D eigenvalue weighted by Crippen LogP contribution is -2.52. The van der Waals surface area contributed by atoms with Crippen LogP contribution >= 0.6 is 11.6 Å². The van der Waals surface area contributed by atoms with Crippen molar-refractivity contribution in [1.82, 2.24) is 15.0 Å². The molecule has 8 heteroatoms. The monoisotopic (exact) mass is 478 g/mol. The maximum atomic E-state index is 13.9. The molecule has 1 atom stereocenters. The quantitative estimate of drug-likeness (QED) is 0.495. The van der Waals surface area contributed by atoms with E-state index in [1.165, 1.54) is 6.07 Å². The Bertz CT molecular complexity index is 1230. The summed E-state index contributed by atoms with van der Waals surface area (Å²) in [6.45, 7) is 11.3. The largest absolute Gasteiger partial charge is 0.352 e. The van der Waals surface area contributed by atoms with Gasteiger partial charge >= 0.3 is 0 Å². The van der Waals surface area contributed by atoms with Crippen molar-refractivity contribution in [3.8, 4) is 11.3 Å². The molecule has 4 heterocycles. The normalized spacial score (nSPS) is 18.6. The second-order valence-corrected chi connectivity index (χ2v) is 9.40. The van der Waals surface area contributed by atoms with Crippen molar-refractivity contribution < 1.29 is 4.39 Å². The number of piperazine rings is 1. The summed E-state index contributed by atoms with van der Waals surface area (Å²) in [7, 11) is 0. The van der Waals surface area contributed by atoms with Gasteiger partial charge < -0.3 is 14.7 Å². The molecule has 6 nitrogen and oxygen atoms in total. The van der Waals surface area contributed by atoms with E-state index in [0.717, 1.165) is 67.6 Å². The van der Waals surface area contributed by atoms with Crippen LogP contribution in [0, 0.1) is 12.7 Å². The van der Waals surface area contributed by atoms with Crippen molar-refractivity contribution in [2.24, 2.45) is 0 Å². The van der Waals surface area contributed by atoms with Crippen LogP contribution in [0.4, 0.5) is 22.0 Å². The molecule has 2 fully saturated rings. The Morgan fingerprint density at radius 1 is 1.12 bits per heavy atom. The highest BCUT2D eigenvalue weighted by Gasteiger charge is 2.29. The number of allylic oxidation sites excluding steroid dienone is 1. The molecule has 0 amide bonds. The molecule has 2 aromatic heterocycles. The highest BCUT2D eigenvalue weighted by atomic mass is 35.5. The first kappa shape index (κ1) is 22.6. The summed E-state index contributed by atoms with van der Waals surface area (Å²) in [5.41, 5.74) is 3.28. The number of pyridine rings is 1. The summed E-state index contributed by atoms with van der Waals surface area (Å²) in [5, 5.41) is 0.661. The zero-order valence-electron chi connectivity index (χ0n) is 19.5. The third-order valence-electron chi connectivity index (χ3n) is 6.59. The van der Waals surface area contributed by atoms with Crippen LogP contribution in [-0.4, -0.2) is 47.2 Å². The minimum absolute atomic E-state index is 0.180. The van der Waals surface area contributed by atoms with E-state index in [-0.39, 0.29) is 11.9 Å². The lowest BCUT2D eigenvalue weighted by atomic mass is 10.1. The fraction of sp³-hybridized carbons (Fsp3) is 0.346. The fourth-order valence-corrected chi connectivity index (χ4v) is 4.96. The summed E-state index contributed by atoms with van der Waals surface area (Å²) < 4.78 is 13.9. The van der Waals surface area contributed by atoms with E-state index < -0.39 is 0 Å². The number of aryl methyl sites for hydroxylation is 1. The van der Waals surface area contributed by atoms with Crippen LogP contribution in [0.1, 0.15) is 25.3 Å². The van der Waals surface area contributed by atoms with Gasteiger partial charge in [0.1, 0.15) is 17.5 Å². The van der Waals surface area contributed by atoms with Gasteiger partial charge in [0, 0.05) is 55.7 Å². The van der Waals surface area contributed by atoms with Gasteiger partial charge in [-0.15, -0.1) is 0 Å². The maximum Gasteiger partial charge on any atom is 0.232 e. The molecule has 176 valence electrons. The summed E-state index contributed by atoms with van der Waals surface area (Å²) in [6.07, 6.45) is 3.75. The number of benzene rings is 1. The Kier molecular flexibility index (Phi) is 6.13. The lowest BCUT2D eigenvalue weighted by molar-refractivity contribution is 0.542. The van der Waals surface area contributed by atoms with Gasteiger partial charge in [-0.05, 0) is 62.6 Å². The second-order valence-electron chi connectivity index (χ2n) is 8.99. The predicted molar refractivity (Wildman–Crippen MR) is 136 cm³/mol. The fourth-order valence-electron chi connectivity index (χ4n) is 4.72. The Balaban J connectivity index is 1.49. The van der Waals surface area contributed by atoms with Gasteiger partial charge in [0.25, 0.3) is 0 Å². The first-order valence-electron chi connectivity index (χ1n) is 11.6. The van der Waals surface area contributed by atoms with Crippen LogP contribution in [0.3, 0.4) is 0 Å². The molecule has 2 aliphatic heterocycles. The summed E-state index contributed by atoms with van der Waals surface area (Å²) in [5.74, 6) is 2.11. The Morgan fingerprint density at radius 2 is 1.97 bits per heavy atom. The van der Waals surface area contributed by atoms with E-state index in [4.69, 9.17) is 21.6 Å². The number of nitrogens with zero attached hydrogens (tertiary/aromatic N) is 6. The third kappa shape index (κ3) is 4.32. The molecule has 34 heavy (non-hydrogen) atoms. The number of halogens is 2. The summed E-state index contributed by atoms with van der Waals surface area (Å²) >= 11 is 6.40. The van der Waals surface area contributed by atoms with Crippen molar-refractivity contribution in [3.63, 3.8) is 0 Å². The van der Waals surface area contributed by atoms with Crippen molar-refractivity contribution in [2.75, 3.05) is 40.9 Å². The molecule has 0 bridgehead atoms. The molecular weight excluding hydrogens is 451 g/mol. The van der Waals surface area contributed by atoms with E-state index in [9.17, 15) is 4.39 Å². The first-order valence-corrected chi connectivity index (χ1v) is 12.0. The van der Waals surface area contributed by atoms with Crippen molar-refractivity contribution in [1.29, 1.82) is 0 Å². The molecule has 2 aliphatic rings. The molecule has 0 spiro atoms. The number of rotatable bonds is 4. The van der Waals surface area contributed by atoms with Crippen molar-refractivity contribution in [2.45, 2.75) is 32.7 Å². The topological polar surface area (TPSA) is 48.4 Å². The van der Waals surface area contributed by atoms with Crippen molar-refractivity contribution in [3.05, 3.63) is 71.3 Å². The zero-order valence-corrected chi connectivity index (χ0v) is 20.3. The molecule has 3 aromatic rings. The van der Waals surface area contributed by atoms with Crippen LogP contribution in [0.25, 0.3) is 11.3 Å². The maximum absolute atomic E-state index is 13.9. The van der Waals surface area contributed by atoms with Crippen LogP contribution in [0.15, 0.2) is 54.9 Å². The number of aromatic nitrogens is 3. The Labute approximate surface area is 204 Å². The molecule has 5 rings (SSSR count). The highest BCUT2D eigenvalue weighted by molar-refractivity contribution is 6.32. The average Bonchev–Trinajstić information content (AvgIpc) is 3.26. The van der Waals surface area contributed by atoms with Crippen LogP contribution < -0.4 is 14.7 Å². The minimum Gasteiger partial charge on any atom is -0.352 e. The van der Waals surface area contributed by atoms with Gasteiger partial charge in [-0.3, -0.25) is 0 Å². The van der Waals surface area contributed by atoms with Crippen LogP contribution in [-0.2, 0) is 0 Å². The SMILES string of the molecule is C=C1CCCN1c1nc(-c2ccc(F)c(C)c2)cc(N2CCN(c3ncccc3Cl)C[C@H]2C)n1. The molecule has 0 radical (unpaired) electrons. The number of anilines is 3. The smallest absolute Gasteiger partial charge is 0.232 e. The molecule has 1 aromatic carbocycles. The third-order valence-corrected chi connectivity index (χ3v) is 6.88. The highest BCUT2D eigenvalue weighted by Crippen LogP contribution is 2.32. The van der Waals surface area contributed by atoms with Crippen LogP contribution in [0.2, 0.25) is 5.02 Å². The Morgan fingerprint density at radius 3 is 2.68 bits per heavy atom. The van der Waals surface area contributed by atoms with Crippen molar-refractivity contribution >= 4 is 29.2 Å². The summed E-state index contributed by atoms with van der Waals surface area (Å²) in [4.78, 5) is 20.9. The van der Waals surface area contributed by atoms with E-state index in [1.807, 2.05) is 24.3 Å². The van der Waals surface area contributed by atoms with Gasteiger partial charge in [-0.2, -0.15) is 4.98 Å². The molecule has 0 saturated carbocycles. The number of hydrogen-bond acceptors (Lipinski definition) is 6. The zero-order chi connectivity index (χ0) is 23.8. The molecule has 0 unspecified atom stereocenters. The van der Waals surface area contributed by atoms with Gasteiger partial charge in [-0.25, -0.2) is 14.4 Å². The minimum atomic E-state index is -0.218. The van der Waals surface area contributed by atoms with Gasteiger partial charge in [0.2, 0.25) is 5.95 Å². The van der Waals surface area contributed by atoms with E-state index in [2.05, 4.69) is 33.2 Å². The van der Waals surface area contributed by atoms with Gasteiger partial charge in [0.15, 0.2) is 0 Å².